The molecule has 0 spiro atoms. The highest BCUT2D eigenvalue weighted by molar-refractivity contribution is 5.96. The van der Waals surface area contributed by atoms with E-state index in [2.05, 4.69) is 16.4 Å². The van der Waals surface area contributed by atoms with Gasteiger partial charge in [0.05, 0.1) is 24.5 Å². The maximum atomic E-state index is 13.3. The molecule has 0 saturated heterocycles. The van der Waals surface area contributed by atoms with E-state index in [1.807, 2.05) is 61.7 Å². The predicted molar refractivity (Wildman–Crippen MR) is 104 cm³/mol. The van der Waals surface area contributed by atoms with Crippen LogP contribution in [0.5, 0.6) is 0 Å². The van der Waals surface area contributed by atoms with Gasteiger partial charge in [-0.1, -0.05) is 42.5 Å². The first-order valence-electron chi connectivity index (χ1n) is 9.42. The fraction of sp³-hybridized carbons (Fsp3) is 0.261. The molecule has 0 fully saturated rings. The molecule has 0 bridgehead atoms. The van der Waals surface area contributed by atoms with E-state index in [1.165, 1.54) is 7.11 Å². The van der Waals surface area contributed by atoms with Gasteiger partial charge in [-0.05, 0) is 12.5 Å². The van der Waals surface area contributed by atoms with Crippen LogP contribution in [0.2, 0.25) is 0 Å². The number of Topliss-reactive ketones (excluding diaryl/α,β-unsaturated/α-hetero) is 1. The highest BCUT2D eigenvalue weighted by atomic mass is 16.5. The van der Waals surface area contributed by atoms with Gasteiger partial charge in [-0.15, -0.1) is 0 Å². The number of aromatic amines is 1. The third kappa shape index (κ3) is 3.13. The van der Waals surface area contributed by atoms with E-state index in [0.717, 1.165) is 22.7 Å². The first-order chi connectivity index (χ1) is 13.6. The molecule has 3 unspecified atom stereocenters. The molecule has 5 heteroatoms. The molecule has 5 nitrogen and oxygen atoms in total. The molecule has 28 heavy (non-hydrogen) atoms. The number of rotatable bonds is 3. The SMILES string of the molecule is COC(=O)C1=C(C)NC2=CC(c3ccccc3)CC(=O)C2C1c1cccc[nH+]1. The number of pyridine rings is 1. The molecule has 2 aromatic rings. The number of H-pyrrole nitrogens is 1. The maximum Gasteiger partial charge on any atom is 0.336 e. The van der Waals surface area contributed by atoms with Crippen LogP contribution in [0, 0.1) is 5.92 Å². The second kappa shape index (κ2) is 7.43. The van der Waals surface area contributed by atoms with Crippen LogP contribution in [0.4, 0.5) is 0 Å². The van der Waals surface area contributed by atoms with Crippen molar-refractivity contribution < 1.29 is 19.3 Å². The smallest absolute Gasteiger partial charge is 0.336 e. The first kappa shape index (κ1) is 18.2. The second-order valence-electron chi connectivity index (χ2n) is 7.24. The van der Waals surface area contributed by atoms with E-state index < -0.39 is 17.8 Å². The molecule has 0 radical (unpaired) electrons. The van der Waals surface area contributed by atoms with Gasteiger partial charge in [0.1, 0.15) is 5.78 Å². The molecular formula is C23H23N2O3+. The van der Waals surface area contributed by atoms with Gasteiger partial charge in [0, 0.05) is 35.9 Å². The zero-order valence-corrected chi connectivity index (χ0v) is 15.9. The Hall–Kier alpha value is -3.21. The number of ether oxygens (including phenoxy) is 1. The summed E-state index contributed by atoms with van der Waals surface area (Å²) in [5.74, 6) is -1.10. The molecule has 4 rings (SSSR count). The molecule has 3 atom stereocenters. The summed E-state index contributed by atoms with van der Waals surface area (Å²) in [5.41, 5.74) is 4.02. The van der Waals surface area contributed by atoms with Crippen molar-refractivity contribution in [2.75, 3.05) is 7.11 Å². The van der Waals surface area contributed by atoms with Crippen LogP contribution in [0.25, 0.3) is 0 Å². The lowest BCUT2D eigenvalue weighted by molar-refractivity contribution is -0.392. The molecule has 1 aliphatic carbocycles. The first-order valence-corrected chi connectivity index (χ1v) is 9.42. The van der Waals surface area contributed by atoms with E-state index >= 15 is 0 Å². The molecule has 1 aromatic heterocycles. The number of benzene rings is 1. The van der Waals surface area contributed by atoms with Crippen LogP contribution < -0.4 is 10.3 Å². The number of fused-ring (bicyclic) bond motifs is 1. The van der Waals surface area contributed by atoms with Gasteiger partial charge in [0.2, 0.25) is 0 Å². The number of hydrogen-bond donors (Lipinski definition) is 1. The summed E-state index contributed by atoms with van der Waals surface area (Å²) in [6, 6.07) is 15.7. The van der Waals surface area contributed by atoms with E-state index in [9.17, 15) is 9.59 Å². The summed E-state index contributed by atoms with van der Waals surface area (Å²) in [6.45, 7) is 1.86. The molecule has 0 amide bonds. The average molecular weight is 375 g/mol. The predicted octanol–water partition coefficient (Wildman–Crippen LogP) is 2.89. The summed E-state index contributed by atoms with van der Waals surface area (Å²) in [6.07, 6.45) is 4.36. The molecule has 142 valence electrons. The van der Waals surface area contributed by atoms with Gasteiger partial charge in [0.15, 0.2) is 11.9 Å². The van der Waals surface area contributed by atoms with Gasteiger partial charge in [-0.25, -0.2) is 9.78 Å². The van der Waals surface area contributed by atoms with Crippen molar-refractivity contribution in [2.45, 2.75) is 25.2 Å². The summed E-state index contributed by atoms with van der Waals surface area (Å²) in [4.78, 5) is 29.1. The zero-order valence-electron chi connectivity index (χ0n) is 15.9. The van der Waals surface area contributed by atoms with Crippen LogP contribution in [0.15, 0.2) is 77.8 Å². The fourth-order valence-corrected chi connectivity index (χ4v) is 4.31. The van der Waals surface area contributed by atoms with E-state index in [-0.39, 0.29) is 11.7 Å². The number of carbonyl (C=O) groups is 2. The summed E-state index contributed by atoms with van der Waals surface area (Å²) in [7, 11) is 1.37. The monoisotopic (exact) mass is 375 g/mol. The van der Waals surface area contributed by atoms with Crippen molar-refractivity contribution in [3.63, 3.8) is 0 Å². The lowest BCUT2D eigenvalue weighted by Gasteiger charge is -2.37. The minimum Gasteiger partial charge on any atom is -0.466 e. The quantitative estimate of drug-likeness (QED) is 0.838. The van der Waals surface area contributed by atoms with Gasteiger partial charge in [-0.2, -0.15) is 0 Å². The third-order valence-electron chi connectivity index (χ3n) is 5.57. The molecule has 2 heterocycles. The number of aromatic nitrogens is 1. The number of methoxy groups -OCH3 is 1. The number of carbonyl (C=O) groups excluding carboxylic acids is 2. The van der Waals surface area contributed by atoms with Crippen molar-refractivity contribution >= 4 is 11.8 Å². The molecular weight excluding hydrogens is 352 g/mol. The topological polar surface area (TPSA) is 69.5 Å². The molecule has 1 aliphatic heterocycles. The Kier molecular flexibility index (Phi) is 4.82. The Morgan fingerprint density at radius 1 is 1.11 bits per heavy atom. The normalized spacial score (nSPS) is 24.1. The van der Waals surface area contributed by atoms with Crippen LogP contribution in [-0.4, -0.2) is 18.9 Å². The Balaban J connectivity index is 1.83. The largest absolute Gasteiger partial charge is 0.466 e. The maximum absolute atomic E-state index is 13.3. The molecule has 1 aromatic carbocycles. The highest BCUT2D eigenvalue weighted by Gasteiger charge is 2.47. The van der Waals surface area contributed by atoms with Crippen molar-refractivity contribution in [2.24, 2.45) is 5.92 Å². The summed E-state index contributed by atoms with van der Waals surface area (Å²) in [5, 5.41) is 3.32. The number of ketones is 1. The number of esters is 1. The van der Waals surface area contributed by atoms with Crippen LogP contribution in [-0.2, 0) is 14.3 Å². The van der Waals surface area contributed by atoms with Crippen molar-refractivity contribution in [1.82, 2.24) is 5.32 Å². The Bertz CT molecular complexity index is 964. The number of hydrogen-bond acceptors (Lipinski definition) is 4. The lowest BCUT2D eigenvalue weighted by Crippen LogP contribution is -2.43. The molecule has 2 aliphatic rings. The molecule has 2 N–H and O–H groups in total. The Morgan fingerprint density at radius 2 is 1.86 bits per heavy atom. The molecule has 0 saturated carbocycles. The fourth-order valence-electron chi connectivity index (χ4n) is 4.31. The highest BCUT2D eigenvalue weighted by Crippen LogP contribution is 2.45. The lowest BCUT2D eigenvalue weighted by atomic mass is 9.69. The van der Waals surface area contributed by atoms with Gasteiger partial charge in [0.25, 0.3) is 0 Å². The average Bonchev–Trinajstić information content (AvgIpc) is 2.73. The van der Waals surface area contributed by atoms with Gasteiger partial charge in [-0.3, -0.25) is 4.79 Å². The Labute approximate surface area is 164 Å². The number of nitrogens with one attached hydrogen (secondary N) is 2. The van der Waals surface area contributed by atoms with Crippen LogP contribution in [0.3, 0.4) is 0 Å². The summed E-state index contributed by atoms with van der Waals surface area (Å²) < 4.78 is 5.04. The summed E-state index contributed by atoms with van der Waals surface area (Å²) >= 11 is 0. The zero-order chi connectivity index (χ0) is 19.7. The van der Waals surface area contributed by atoms with Crippen LogP contribution >= 0.6 is 0 Å². The van der Waals surface area contributed by atoms with Gasteiger partial charge >= 0.3 is 5.97 Å². The minimum absolute atomic E-state index is 0.0281. The van der Waals surface area contributed by atoms with Gasteiger partial charge < -0.3 is 10.1 Å². The van der Waals surface area contributed by atoms with Crippen molar-refractivity contribution in [3.05, 3.63) is 89.0 Å². The second-order valence-corrected chi connectivity index (χ2v) is 7.24. The third-order valence-corrected chi connectivity index (χ3v) is 5.57. The van der Waals surface area contributed by atoms with E-state index in [0.29, 0.717) is 12.0 Å². The van der Waals surface area contributed by atoms with E-state index in [4.69, 9.17) is 4.74 Å². The van der Waals surface area contributed by atoms with Crippen molar-refractivity contribution in [1.29, 1.82) is 0 Å². The van der Waals surface area contributed by atoms with Crippen LogP contribution in [0.1, 0.15) is 36.4 Å². The minimum atomic E-state index is -0.434. The van der Waals surface area contributed by atoms with E-state index in [1.54, 1.807) is 0 Å². The standard InChI is InChI=1S/C23H22N2O3/c1-14-20(23(27)28-2)22(17-10-6-7-11-24-17)21-18(25-14)12-16(13-19(21)26)15-8-4-3-5-9-15/h3-12,16,21-22,25H,13H2,1-2H3/p+1. The number of allylic oxidation sites excluding steroid dienone is 3. The van der Waals surface area contributed by atoms with Crippen molar-refractivity contribution in [3.8, 4) is 0 Å². The Morgan fingerprint density at radius 3 is 2.54 bits per heavy atom.